The Morgan fingerprint density at radius 2 is 1.81 bits per heavy atom. The minimum Gasteiger partial charge on any atom is -0.545 e. The van der Waals surface area contributed by atoms with Gasteiger partial charge in [0.15, 0.2) is 0 Å². The van der Waals surface area contributed by atoms with Gasteiger partial charge in [-0.3, -0.25) is 0 Å². The number of aromatic carboxylic acids is 1. The highest BCUT2D eigenvalue weighted by Gasteiger charge is 2.14. The van der Waals surface area contributed by atoms with Crippen molar-refractivity contribution in [3.63, 3.8) is 0 Å². The predicted octanol–water partition coefficient (Wildman–Crippen LogP) is 2.84. The topological polar surface area (TPSA) is 95.9 Å². The van der Waals surface area contributed by atoms with E-state index < -0.39 is 11.9 Å². The fourth-order valence-corrected chi connectivity index (χ4v) is 4.10. The molecule has 2 aromatic rings. The third-order valence-corrected chi connectivity index (χ3v) is 4.88. The molecule has 2 aromatic carbocycles. The predicted molar refractivity (Wildman–Crippen MR) is 110 cm³/mol. The van der Waals surface area contributed by atoms with Crippen molar-refractivity contribution in [2.24, 2.45) is 0 Å². The zero-order valence-electron chi connectivity index (χ0n) is 13.3. The van der Waals surface area contributed by atoms with E-state index in [4.69, 9.17) is 9.47 Å². The number of phenolic OH excluding ortho intramolecular Hbond substituents is 1. The van der Waals surface area contributed by atoms with Crippen molar-refractivity contribution in [3.05, 3.63) is 60.7 Å². The number of hydrogen-bond donors (Lipinski definition) is 1. The molecule has 0 amide bonds. The number of carboxylic acid groups (broad SMARTS) is 1. The van der Waals surface area contributed by atoms with Crippen molar-refractivity contribution >= 4 is 63.2 Å². The van der Waals surface area contributed by atoms with Crippen molar-refractivity contribution in [2.75, 3.05) is 13.2 Å². The second-order valence-electron chi connectivity index (χ2n) is 5.02. The number of benzene rings is 2. The number of halogens is 2. The van der Waals surface area contributed by atoms with E-state index in [9.17, 15) is 19.8 Å². The maximum absolute atomic E-state index is 12.0. The van der Waals surface area contributed by atoms with Crippen molar-refractivity contribution in [1.82, 2.24) is 0 Å². The molecule has 0 atom stereocenters. The highest BCUT2D eigenvalue weighted by atomic mass is 127. The Morgan fingerprint density at radius 1 is 1.15 bits per heavy atom. The number of carboxylic acids is 1. The summed E-state index contributed by atoms with van der Waals surface area (Å²) in [5, 5.41) is 20.7. The molecule has 0 fully saturated rings. The van der Waals surface area contributed by atoms with Crippen LogP contribution in [-0.4, -0.2) is 30.3 Å². The zero-order chi connectivity index (χ0) is 19.3. The summed E-state index contributed by atoms with van der Waals surface area (Å²) in [6.45, 7) is 3.63. The van der Waals surface area contributed by atoms with Crippen LogP contribution in [0.15, 0.2) is 36.9 Å². The van der Waals surface area contributed by atoms with Gasteiger partial charge in [0.05, 0.1) is 13.1 Å². The minimum atomic E-state index is -1.26. The Kier molecular flexibility index (Phi) is 7.26. The molecule has 0 saturated heterocycles. The highest BCUT2D eigenvalue weighted by molar-refractivity contribution is 14.1. The number of carbonyl (C=O) groups is 2. The summed E-state index contributed by atoms with van der Waals surface area (Å²) >= 11 is 3.92. The van der Waals surface area contributed by atoms with Gasteiger partial charge in [-0.25, -0.2) is 4.79 Å². The Morgan fingerprint density at radius 3 is 2.35 bits per heavy atom. The first kappa shape index (κ1) is 20.5. The highest BCUT2D eigenvalue weighted by Crippen LogP contribution is 2.29. The Balaban J connectivity index is 1.94. The molecule has 0 aliphatic carbocycles. The van der Waals surface area contributed by atoms with E-state index in [2.05, 4.69) is 6.58 Å². The van der Waals surface area contributed by atoms with Gasteiger partial charge in [0.2, 0.25) is 0 Å². The van der Waals surface area contributed by atoms with Gasteiger partial charge in [-0.15, -0.1) is 0 Å². The van der Waals surface area contributed by atoms with Crippen LogP contribution in [0.4, 0.5) is 0 Å². The number of rotatable bonds is 7. The lowest BCUT2D eigenvalue weighted by Crippen LogP contribution is -2.22. The molecule has 136 valence electrons. The summed E-state index contributed by atoms with van der Waals surface area (Å²) in [5.41, 5.74) is 0.806. The fraction of sp³-hybridized carbons (Fsp3) is 0.111. The molecule has 0 unspecified atom stereocenters. The van der Waals surface area contributed by atoms with Gasteiger partial charge in [0.1, 0.15) is 30.3 Å². The molecular formula is C18H13I2O6-. The molecule has 0 heterocycles. The van der Waals surface area contributed by atoms with Crippen LogP contribution in [0.1, 0.15) is 26.3 Å². The lowest BCUT2D eigenvalue weighted by atomic mass is 10.1. The smallest absolute Gasteiger partial charge is 0.342 e. The first-order chi connectivity index (χ1) is 12.3. The minimum absolute atomic E-state index is 0.0319. The standard InChI is InChI=1S/C18H14I2O6/c1-2-10-3-4-12(15(21)7-10)18(24)26-6-5-25-16-13(19)8-11(17(22)23)9-14(16)20/h2-4,7-9,21H,1,5-6H2,(H,22,23)/p-1. The van der Waals surface area contributed by atoms with Crippen LogP contribution in [-0.2, 0) is 4.74 Å². The third-order valence-electron chi connectivity index (χ3n) is 3.27. The quantitative estimate of drug-likeness (QED) is 0.308. The van der Waals surface area contributed by atoms with Crippen LogP contribution < -0.4 is 9.84 Å². The van der Waals surface area contributed by atoms with Gasteiger partial charge in [-0.05, 0) is 80.6 Å². The summed E-state index contributed by atoms with van der Waals surface area (Å²) < 4.78 is 11.9. The van der Waals surface area contributed by atoms with E-state index >= 15 is 0 Å². The van der Waals surface area contributed by atoms with Crippen molar-refractivity contribution in [3.8, 4) is 11.5 Å². The molecular weight excluding hydrogens is 566 g/mol. The molecule has 1 N–H and O–H groups in total. The van der Waals surface area contributed by atoms with Gasteiger partial charge < -0.3 is 24.5 Å². The molecule has 0 bridgehead atoms. The number of hydrogen-bond acceptors (Lipinski definition) is 6. The molecule has 0 radical (unpaired) electrons. The van der Waals surface area contributed by atoms with Gasteiger partial charge in [-0.2, -0.15) is 0 Å². The van der Waals surface area contributed by atoms with Gasteiger partial charge >= 0.3 is 5.97 Å². The largest absolute Gasteiger partial charge is 0.545 e. The van der Waals surface area contributed by atoms with Crippen molar-refractivity contribution in [1.29, 1.82) is 0 Å². The zero-order valence-corrected chi connectivity index (χ0v) is 17.6. The van der Waals surface area contributed by atoms with Crippen LogP contribution >= 0.6 is 45.2 Å². The number of ether oxygens (including phenoxy) is 2. The van der Waals surface area contributed by atoms with Gasteiger partial charge in [-0.1, -0.05) is 18.7 Å². The molecule has 26 heavy (non-hydrogen) atoms. The van der Waals surface area contributed by atoms with E-state index in [1.54, 1.807) is 12.1 Å². The summed E-state index contributed by atoms with van der Waals surface area (Å²) in [6, 6.07) is 7.41. The normalized spacial score (nSPS) is 10.2. The second kappa shape index (κ2) is 9.21. The van der Waals surface area contributed by atoms with Crippen LogP contribution in [0.3, 0.4) is 0 Å². The molecule has 6 nitrogen and oxygen atoms in total. The van der Waals surface area contributed by atoms with E-state index in [1.165, 1.54) is 24.3 Å². The lowest BCUT2D eigenvalue weighted by Gasteiger charge is -2.13. The van der Waals surface area contributed by atoms with Crippen LogP contribution in [0, 0.1) is 7.14 Å². The first-order valence-electron chi connectivity index (χ1n) is 7.29. The average molecular weight is 579 g/mol. The SMILES string of the molecule is C=Cc1ccc(C(=O)OCCOc2c(I)cc(C(=O)[O-])cc2I)c(O)c1. The molecule has 8 heteroatoms. The summed E-state index contributed by atoms with van der Waals surface area (Å²) in [7, 11) is 0. The monoisotopic (exact) mass is 579 g/mol. The fourth-order valence-electron chi connectivity index (χ4n) is 2.02. The third kappa shape index (κ3) is 5.10. The summed E-state index contributed by atoms with van der Waals surface area (Å²) in [5.74, 6) is -1.61. The van der Waals surface area contributed by atoms with E-state index in [0.29, 0.717) is 18.5 Å². The van der Waals surface area contributed by atoms with E-state index in [-0.39, 0.29) is 30.1 Å². The number of aromatic hydroxyl groups is 1. The Bertz CT molecular complexity index is 840. The molecule has 0 aromatic heterocycles. The number of phenols is 1. The van der Waals surface area contributed by atoms with Crippen molar-refractivity contribution < 1.29 is 29.3 Å². The van der Waals surface area contributed by atoms with Crippen LogP contribution in [0.5, 0.6) is 11.5 Å². The lowest BCUT2D eigenvalue weighted by molar-refractivity contribution is -0.255. The maximum atomic E-state index is 12.0. The van der Waals surface area contributed by atoms with Crippen LogP contribution in [0.2, 0.25) is 0 Å². The number of esters is 1. The van der Waals surface area contributed by atoms with Gasteiger partial charge in [0.25, 0.3) is 0 Å². The molecule has 2 rings (SSSR count). The van der Waals surface area contributed by atoms with Gasteiger partial charge in [0, 0.05) is 0 Å². The summed E-state index contributed by atoms with van der Waals surface area (Å²) in [4.78, 5) is 22.9. The maximum Gasteiger partial charge on any atom is 0.342 e. The van der Waals surface area contributed by atoms with Crippen molar-refractivity contribution in [2.45, 2.75) is 0 Å². The summed E-state index contributed by atoms with van der Waals surface area (Å²) in [6.07, 6.45) is 1.55. The van der Waals surface area contributed by atoms with E-state index in [1.807, 2.05) is 45.2 Å². The first-order valence-corrected chi connectivity index (χ1v) is 9.45. The number of carbonyl (C=O) groups excluding carboxylic acids is 2. The molecule has 0 spiro atoms. The average Bonchev–Trinajstić information content (AvgIpc) is 2.59. The van der Waals surface area contributed by atoms with Crippen LogP contribution in [0.25, 0.3) is 6.08 Å². The Hall–Kier alpha value is -1.82. The molecule has 0 aliphatic rings. The molecule has 0 saturated carbocycles. The molecule has 0 aliphatic heterocycles. The second-order valence-corrected chi connectivity index (χ2v) is 7.35. The Labute approximate surface area is 177 Å². The van der Waals surface area contributed by atoms with E-state index in [0.717, 1.165) is 0 Å².